The number of nitrogens with one attached hydrogen (secondary N) is 1. The van der Waals surface area contributed by atoms with Gasteiger partial charge in [-0.3, -0.25) is 0 Å². The minimum Gasteiger partial charge on any atom is -0.494 e. The first-order valence-electron chi connectivity index (χ1n) is 8.59. The number of hydrazone groups is 1. The van der Waals surface area contributed by atoms with Gasteiger partial charge in [0.05, 0.1) is 12.3 Å². The first-order valence-corrected chi connectivity index (χ1v) is 8.59. The molecule has 22 heavy (non-hydrogen) atoms. The van der Waals surface area contributed by atoms with Crippen LogP contribution in [0.2, 0.25) is 0 Å². The second kappa shape index (κ2) is 7.63. The van der Waals surface area contributed by atoms with Gasteiger partial charge in [-0.1, -0.05) is 6.92 Å². The summed E-state index contributed by atoms with van der Waals surface area (Å²) in [5.74, 6) is 1.48. The second-order valence-electron chi connectivity index (χ2n) is 6.37. The summed E-state index contributed by atoms with van der Waals surface area (Å²) in [4.78, 5) is 2.53. The molecular weight excluding hydrogens is 274 g/mol. The molecule has 4 heteroatoms. The van der Waals surface area contributed by atoms with E-state index in [9.17, 15) is 0 Å². The average Bonchev–Trinajstić information content (AvgIpc) is 3.06. The van der Waals surface area contributed by atoms with E-state index in [2.05, 4.69) is 46.6 Å². The van der Waals surface area contributed by atoms with Gasteiger partial charge in [-0.2, -0.15) is 5.10 Å². The summed E-state index contributed by atoms with van der Waals surface area (Å²) >= 11 is 0. The minimum absolute atomic E-state index is 0.522. The van der Waals surface area contributed by atoms with Gasteiger partial charge in [0.15, 0.2) is 0 Å². The summed E-state index contributed by atoms with van der Waals surface area (Å²) < 4.78 is 5.85. The topological polar surface area (TPSA) is 36.9 Å². The van der Waals surface area contributed by atoms with Gasteiger partial charge in [0.2, 0.25) is 0 Å². The average molecular weight is 301 g/mol. The number of rotatable bonds is 6. The summed E-state index contributed by atoms with van der Waals surface area (Å²) in [6.07, 6.45) is 4.97. The quantitative estimate of drug-likeness (QED) is 0.821. The molecule has 1 saturated heterocycles. The molecule has 1 aromatic carbocycles. The maximum absolute atomic E-state index is 5.85. The highest BCUT2D eigenvalue weighted by Crippen LogP contribution is 2.19. The van der Waals surface area contributed by atoms with Crippen LogP contribution >= 0.6 is 0 Å². The maximum atomic E-state index is 5.85. The molecule has 1 unspecified atom stereocenters. The lowest BCUT2D eigenvalue weighted by atomic mass is 9.94. The van der Waals surface area contributed by atoms with E-state index in [0.29, 0.717) is 5.92 Å². The molecule has 2 heterocycles. The lowest BCUT2D eigenvalue weighted by molar-refractivity contribution is 0.263. The van der Waals surface area contributed by atoms with Crippen molar-refractivity contribution in [3.05, 3.63) is 29.8 Å². The van der Waals surface area contributed by atoms with E-state index in [1.54, 1.807) is 0 Å². The Morgan fingerprint density at radius 1 is 1.23 bits per heavy atom. The fraction of sp³-hybridized carbons (Fsp3) is 0.611. The van der Waals surface area contributed by atoms with Crippen molar-refractivity contribution in [2.75, 3.05) is 32.8 Å². The Hall–Kier alpha value is -1.55. The molecule has 2 aliphatic rings. The number of hydrogen-bond acceptors (Lipinski definition) is 4. The third-order valence-electron chi connectivity index (χ3n) is 4.59. The molecule has 1 N–H and O–H groups in total. The van der Waals surface area contributed by atoms with Crippen molar-refractivity contribution in [3.8, 4) is 5.75 Å². The molecule has 1 atom stereocenters. The molecule has 0 spiro atoms. The minimum atomic E-state index is 0.522. The van der Waals surface area contributed by atoms with Crippen molar-refractivity contribution in [3.63, 3.8) is 0 Å². The number of benzene rings is 1. The van der Waals surface area contributed by atoms with Crippen LogP contribution in [0, 0.1) is 5.92 Å². The van der Waals surface area contributed by atoms with Crippen LogP contribution in [0.15, 0.2) is 29.4 Å². The normalized spacial score (nSPS) is 22.2. The fourth-order valence-corrected chi connectivity index (χ4v) is 3.22. The third kappa shape index (κ3) is 4.01. The van der Waals surface area contributed by atoms with E-state index in [1.807, 2.05) is 0 Å². The lowest BCUT2D eigenvalue weighted by Gasteiger charge is -2.20. The van der Waals surface area contributed by atoms with Crippen LogP contribution < -0.4 is 10.2 Å². The molecule has 3 rings (SSSR count). The third-order valence-corrected chi connectivity index (χ3v) is 4.59. The maximum Gasteiger partial charge on any atom is 0.119 e. The Bertz CT molecular complexity index is 492. The van der Waals surface area contributed by atoms with Crippen LogP contribution in [0.4, 0.5) is 0 Å². The summed E-state index contributed by atoms with van der Waals surface area (Å²) in [6.45, 7) is 7.71. The van der Waals surface area contributed by atoms with Gasteiger partial charge >= 0.3 is 0 Å². The van der Waals surface area contributed by atoms with Crippen molar-refractivity contribution < 1.29 is 4.74 Å². The lowest BCUT2D eigenvalue weighted by Crippen LogP contribution is -2.27. The Balaban J connectivity index is 1.46. The van der Waals surface area contributed by atoms with Crippen molar-refractivity contribution in [1.82, 2.24) is 10.3 Å². The summed E-state index contributed by atoms with van der Waals surface area (Å²) in [6, 6.07) is 8.38. The number of nitrogens with zero attached hydrogens (tertiary/aromatic N) is 2. The van der Waals surface area contributed by atoms with Crippen molar-refractivity contribution in [2.45, 2.75) is 32.6 Å². The highest BCUT2D eigenvalue weighted by atomic mass is 16.5. The molecule has 0 radical (unpaired) electrons. The second-order valence-corrected chi connectivity index (χ2v) is 6.37. The van der Waals surface area contributed by atoms with Gasteiger partial charge in [0, 0.05) is 19.0 Å². The van der Waals surface area contributed by atoms with Gasteiger partial charge in [0.1, 0.15) is 5.75 Å². The molecule has 1 fully saturated rings. The Kier molecular flexibility index (Phi) is 5.33. The van der Waals surface area contributed by atoms with E-state index < -0.39 is 0 Å². The first-order chi connectivity index (χ1) is 10.8. The van der Waals surface area contributed by atoms with Crippen molar-refractivity contribution in [2.24, 2.45) is 11.0 Å². The number of hydrogen-bond donors (Lipinski definition) is 1. The molecule has 0 aliphatic carbocycles. The zero-order valence-electron chi connectivity index (χ0n) is 13.6. The Labute approximate surface area is 133 Å². The molecule has 1 aromatic rings. The van der Waals surface area contributed by atoms with Crippen LogP contribution in [0.1, 0.15) is 38.2 Å². The van der Waals surface area contributed by atoms with Crippen LogP contribution in [0.25, 0.3) is 0 Å². The van der Waals surface area contributed by atoms with E-state index in [0.717, 1.165) is 44.0 Å². The number of ether oxygens (including phenoxy) is 1. The predicted molar refractivity (Wildman–Crippen MR) is 90.5 cm³/mol. The monoisotopic (exact) mass is 301 g/mol. The Morgan fingerprint density at radius 3 is 2.73 bits per heavy atom. The van der Waals surface area contributed by atoms with Crippen LogP contribution in [0.3, 0.4) is 0 Å². The Morgan fingerprint density at radius 2 is 2.00 bits per heavy atom. The van der Waals surface area contributed by atoms with E-state index in [1.165, 1.54) is 31.5 Å². The van der Waals surface area contributed by atoms with Gasteiger partial charge < -0.3 is 15.1 Å². The van der Waals surface area contributed by atoms with Gasteiger partial charge in [-0.15, -0.1) is 0 Å². The van der Waals surface area contributed by atoms with Crippen molar-refractivity contribution >= 4 is 5.71 Å². The fourth-order valence-electron chi connectivity index (χ4n) is 3.22. The molecular formula is C18H27N3O. The highest BCUT2D eigenvalue weighted by Gasteiger charge is 2.16. The van der Waals surface area contributed by atoms with Gasteiger partial charge in [-0.05, 0) is 68.6 Å². The first kappa shape index (κ1) is 15.3. The SMILES string of the molecule is CC1CCNN=C1c1ccc(OCCCN2CCCC2)cc1. The van der Waals surface area contributed by atoms with Gasteiger partial charge in [-0.25, -0.2) is 0 Å². The highest BCUT2D eigenvalue weighted by molar-refractivity contribution is 6.02. The molecule has 4 nitrogen and oxygen atoms in total. The standard InChI is InChI=1S/C18H27N3O/c1-15-9-10-19-20-18(15)16-5-7-17(8-6-16)22-14-4-13-21-11-2-3-12-21/h5-8,15,19H,2-4,9-14H2,1H3. The summed E-state index contributed by atoms with van der Waals surface area (Å²) in [5.41, 5.74) is 5.46. The summed E-state index contributed by atoms with van der Waals surface area (Å²) in [7, 11) is 0. The van der Waals surface area contributed by atoms with Crippen LogP contribution in [-0.2, 0) is 0 Å². The molecule has 0 amide bonds. The molecule has 0 saturated carbocycles. The van der Waals surface area contributed by atoms with Crippen LogP contribution in [0.5, 0.6) is 5.75 Å². The molecule has 120 valence electrons. The largest absolute Gasteiger partial charge is 0.494 e. The molecule has 0 aromatic heterocycles. The smallest absolute Gasteiger partial charge is 0.119 e. The summed E-state index contributed by atoms with van der Waals surface area (Å²) in [5, 5.41) is 4.45. The van der Waals surface area contributed by atoms with Crippen molar-refractivity contribution in [1.29, 1.82) is 0 Å². The van der Waals surface area contributed by atoms with E-state index in [-0.39, 0.29) is 0 Å². The zero-order chi connectivity index (χ0) is 15.2. The van der Waals surface area contributed by atoms with Gasteiger partial charge in [0.25, 0.3) is 0 Å². The molecule has 2 aliphatic heterocycles. The number of likely N-dealkylation sites (tertiary alicyclic amines) is 1. The molecule has 0 bridgehead atoms. The zero-order valence-corrected chi connectivity index (χ0v) is 13.6. The van der Waals surface area contributed by atoms with E-state index >= 15 is 0 Å². The van der Waals surface area contributed by atoms with Crippen LogP contribution in [-0.4, -0.2) is 43.4 Å². The van der Waals surface area contributed by atoms with E-state index in [4.69, 9.17) is 4.74 Å². The predicted octanol–water partition coefficient (Wildman–Crippen LogP) is 2.88.